The minimum absolute atomic E-state index is 0. The molecule has 1 unspecified atom stereocenters. The molecular formula is C37H46N6Na2O10S2. The van der Waals surface area contributed by atoms with Crippen LogP contribution in [0.1, 0.15) is 62.5 Å². The molecule has 0 saturated carbocycles. The van der Waals surface area contributed by atoms with Gasteiger partial charge in [0.15, 0.2) is 0 Å². The molecule has 4 amide bonds. The maximum absolute atomic E-state index is 12.8. The molecule has 57 heavy (non-hydrogen) atoms. The first-order valence-corrected chi connectivity index (χ1v) is 20.6. The normalized spacial score (nSPS) is 18.4. The average molecular weight is 845 g/mol. The Balaban J connectivity index is 0.00000561. The number of carbonyl (C=O) groups excluding carboxylic acids is 4. The van der Waals surface area contributed by atoms with Gasteiger partial charge in [-0.05, 0) is 80.5 Å². The van der Waals surface area contributed by atoms with E-state index in [1.165, 1.54) is 6.08 Å². The topological polar surface area (TPSA) is 253 Å². The molecule has 3 aliphatic rings. The van der Waals surface area contributed by atoms with Gasteiger partial charge in [0, 0.05) is 125 Å². The summed E-state index contributed by atoms with van der Waals surface area (Å²) in [5.74, 6) is -2.68. The monoisotopic (exact) mass is 844 g/mol. The summed E-state index contributed by atoms with van der Waals surface area (Å²) in [6, 6.07) is -0.520. The molecule has 0 aliphatic carbocycles. The van der Waals surface area contributed by atoms with Crippen molar-refractivity contribution in [3.05, 3.63) is 98.7 Å². The van der Waals surface area contributed by atoms with E-state index in [2.05, 4.69) is 39.4 Å². The van der Waals surface area contributed by atoms with Crippen molar-refractivity contribution in [1.29, 1.82) is 0 Å². The molecule has 16 nitrogen and oxygen atoms in total. The third kappa shape index (κ3) is 13.4. The van der Waals surface area contributed by atoms with Gasteiger partial charge in [-0.25, -0.2) is 0 Å². The predicted molar refractivity (Wildman–Crippen MR) is 219 cm³/mol. The van der Waals surface area contributed by atoms with Crippen LogP contribution in [0.15, 0.2) is 81.2 Å². The Bertz CT molecular complexity index is 2270. The molecule has 3 aliphatic heterocycles. The molecule has 298 valence electrons. The van der Waals surface area contributed by atoms with E-state index in [4.69, 9.17) is 14.1 Å². The first-order chi connectivity index (χ1) is 25.7. The number of aliphatic imine (C=N–C) groups is 1. The number of aromatic nitrogens is 1. The van der Waals surface area contributed by atoms with Crippen LogP contribution in [0.2, 0.25) is 0 Å². The Labute approximate surface area is 377 Å². The van der Waals surface area contributed by atoms with Gasteiger partial charge < -0.3 is 26.3 Å². The molecule has 2 radical (unpaired) electrons. The van der Waals surface area contributed by atoms with E-state index in [0.717, 1.165) is 22.3 Å². The minimum Gasteiger partial charge on any atom is -0.358 e. The van der Waals surface area contributed by atoms with Gasteiger partial charge >= 0.3 is 0 Å². The number of allylic oxidation sites excluding steroid dienone is 4. The number of hydrogen-bond acceptors (Lipinski definition) is 9. The average Bonchev–Trinajstić information content (AvgIpc) is 3.73. The van der Waals surface area contributed by atoms with E-state index in [9.17, 15) is 36.0 Å². The van der Waals surface area contributed by atoms with E-state index >= 15 is 0 Å². The third-order valence-corrected chi connectivity index (χ3v) is 11.1. The third-order valence-electron chi connectivity index (χ3n) is 9.62. The molecule has 1 aromatic heterocycles. The van der Waals surface area contributed by atoms with Crippen LogP contribution in [0.4, 0.5) is 0 Å². The standard InChI is InChI=1S/C37H46N6O10S2.2Na/c1-7-24-23(6)36(46)43-31(24)18-29-22(5)27(10-12-35(45)39-14-16-55(51,52)53)33(41-29)19-32-26(9-11-34(44)38-13-15-54(48,49)50)21(4)28(40-32)17-30-20(3)25(8-2)37(47)42-30;;/h7-8,17-18,33,40H,1-2,9-16,19H2,3-6H3,(H,38,44)(H,39,45)(H,42,47)(H,43,46)(H,48,49,50)(H,51,52,53);;/b30-17?,31-18-;;. The summed E-state index contributed by atoms with van der Waals surface area (Å²) in [6.07, 6.45) is 7.31. The van der Waals surface area contributed by atoms with E-state index in [1.54, 1.807) is 32.1 Å². The largest absolute Gasteiger partial charge is 0.358 e. The summed E-state index contributed by atoms with van der Waals surface area (Å²) < 4.78 is 62.6. The molecule has 0 bridgehead atoms. The smallest absolute Gasteiger partial charge is 0.266 e. The number of nitrogens with one attached hydrogen (secondary N) is 5. The van der Waals surface area contributed by atoms with Crippen LogP contribution in [0, 0.1) is 6.92 Å². The van der Waals surface area contributed by atoms with Crippen molar-refractivity contribution in [3.63, 3.8) is 0 Å². The second kappa shape index (κ2) is 21.2. The zero-order chi connectivity index (χ0) is 40.8. The zero-order valence-corrected chi connectivity index (χ0v) is 38.7. The van der Waals surface area contributed by atoms with Crippen molar-refractivity contribution in [3.8, 4) is 0 Å². The van der Waals surface area contributed by atoms with E-state index in [-0.39, 0.29) is 116 Å². The van der Waals surface area contributed by atoms with Crippen molar-refractivity contribution in [1.82, 2.24) is 26.3 Å². The molecule has 1 atom stereocenters. The first kappa shape index (κ1) is 50.0. The summed E-state index contributed by atoms with van der Waals surface area (Å²) >= 11 is 0. The maximum atomic E-state index is 12.8. The summed E-state index contributed by atoms with van der Waals surface area (Å²) in [4.78, 5) is 59.0. The fraction of sp³-hybridized carbons (Fsp3) is 0.378. The Morgan fingerprint density at radius 1 is 0.772 bits per heavy atom. The molecule has 4 rings (SSSR count). The number of hydrogen-bond donors (Lipinski definition) is 7. The van der Waals surface area contributed by atoms with Gasteiger partial charge in [-0.15, -0.1) is 0 Å². The number of H-pyrrole nitrogens is 1. The Hall–Kier alpha value is -3.17. The van der Waals surface area contributed by atoms with Crippen LogP contribution in [-0.2, 0) is 52.3 Å². The Morgan fingerprint density at radius 2 is 1.32 bits per heavy atom. The second-order valence-electron chi connectivity index (χ2n) is 13.3. The molecule has 7 N–H and O–H groups in total. The van der Waals surface area contributed by atoms with Crippen LogP contribution in [-0.4, -0.2) is 150 Å². The van der Waals surface area contributed by atoms with Gasteiger partial charge in [-0.1, -0.05) is 25.3 Å². The maximum Gasteiger partial charge on any atom is 0.266 e. The van der Waals surface area contributed by atoms with Crippen LogP contribution in [0.5, 0.6) is 0 Å². The molecule has 1 aromatic rings. The van der Waals surface area contributed by atoms with Crippen LogP contribution >= 0.6 is 0 Å². The molecule has 0 aromatic carbocycles. The summed E-state index contributed by atoms with van der Waals surface area (Å²) in [7, 11) is -8.53. The Morgan fingerprint density at radius 3 is 1.84 bits per heavy atom. The number of aromatic amines is 1. The molecule has 0 saturated heterocycles. The second-order valence-corrected chi connectivity index (χ2v) is 16.4. The van der Waals surface area contributed by atoms with Gasteiger partial charge in [0.2, 0.25) is 11.8 Å². The van der Waals surface area contributed by atoms with Crippen molar-refractivity contribution in [2.45, 2.75) is 65.8 Å². The van der Waals surface area contributed by atoms with Crippen molar-refractivity contribution < 1.29 is 45.1 Å². The van der Waals surface area contributed by atoms with E-state index < -0.39 is 49.6 Å². The number of rotatable bonds is 18. The number of nitrogens with zero attached hydrogens (tertiary/aromatic N) is 1. The van der Waals surface area contributed by atoms with Crippen LogP contribution in [0.25, 0.3) is 6.08 Å². The van der Waals surface area contributed by atoms with Crippen LogP contribution < -0.4 is 21.3 Å². The van der Waals surface area contributed by atoms with Gasteiger partial charge in [0.25, 0.3) is 32.1 Å². The van der Waals surface area contributed by atoms with E-state index in [0.29, 0.717) is 50.8 Å². The SMILES string of the molecule is C=CC1=C(C)C(=Cc2[nH]c(CC3N=C(/C=C4\NC(=O)C(C)=C4C=C)C(C)=C3CCC(=O)NCCS(=O)(=O)O)c(CCC(=O)NCCS(=O)(=O)O)c2C)NC1=O.[Na].[Na]. The first-order valence-electron chi connectivity index (χ1n) is 17.4. The molecule has 4 heterocycles. The fourth-order valence-corrected chi connectivity index (χ4v) is 7.27. The molecular weight excluding hydrogens is 799 g/mol. The Kier molecular flexibility index (Phi) is 18.6. The molecule has 0 spiro atoms. The van der Waals surface area contributed by atoms with Crippen molar-refractivity contribution in [2.75, 3.05) is 24.6 Å². The molecule has 20 heteroatoms. The van der Waals surface area contributed by atoms with Crippen molar-refractivity contribution in [2.24, 2.45) is 4.99 Å². The molecule has 0 fully saturated rings. The van der Waals surface area contributed by atoms with Gasteiger partial charge in [-0.2, -0.15) is 16.8 Å². The quantitative estimate of drug-likeness (QED) is 0.0828. The summed E-state index contributed by atoms with van der Waals surface area (Å²) in [6.45, 7) is 14.2. The minimum atomic E-state index is -4.26. The summed E-state index contributed by atoms with van der Waals surface area (Å²) in [5, 5.41) is 10.7. The zero-order valence-electron chi connectivity index (χ0n) is 33.1. The number of amides is 4. The van der Waals surface area contributed by atoms with E-state index in [1.807, 2.05) is 13.8 Å². The van der Waals surface area contributed by atoms with Crippen molar-refractivity contribution >= 4 is 115 Å². The summed E-state index contributed by atoms with van der Waals surface area (Å²) in [5.41, 5.74) is 8.43. The fourth-order valence-electron chi connectivity index (χ4n) is 6.55. The van der Waals surface area contributed by atoms with Gasteiger partial charge in [-0.3, -0.25) is 33.3 Å². The van der Waals surface area contributed by atoms with Gasteiger partial charge in [0.1, 0.15) is 0 Å². The number of carbonyl (C=O) groups is 4. The van der Waals surface area contributed by atoms with Gasteiger partial charge in [0.05, 0.1) is 29.0 Å². The predicted octanol–water partition coefficient (Wildman–Crippen LogP) is 1.45. The van der Waals surface area contributed by atoms with Crippen LogP contribution in [0.3, 0.4) is 0 Å².